The van der Waals surface area contributed by atoms with Gasteiger partial charge >= 0.3 is 0 Å². The number of hydrogen-bond donors (Lipinski definition) is 0. The lowest BCUT2D eigenvalue weighted by Gasteiger charge is -2.16. The molecule has 162 valence electrons. The van der Waals surface area contributed by atoms with Crippen molar-refractivity contribution in [3.63, 3.8) is 0 Å². The largest absolute Gasteiger partial charge is 0.456 e. The van der Waals surface area contributed by atoms with Gasteiger partial charge in [0.2, 0.25) is 0 Å². The summed E-state index contributed by atoms with van der Waals surface area (Å²) in [5, 5.41) is 4.88. The van der Waals surface area contributed by atoms with Crippen LogP contribution < -0.4 is 0 Å². The Balaban J connectivity index is 1.57. The third kappa shape index (κ3) is 2.69. The molecule has 0 saturated carbocycles. The number of aryl methyl sites for hydroxylation is 2. The summed E-state index contributed by atoms with van der Waals surface area (Å²) in [7, 11) is 0. The highest BCUT2D eigenvalue weighted by Gasteiger charge is 2.17. The van der Waals surface area contributed by atoms with Gasteiger partial charge in [0.15, 0.2) is 0 Å². The van der Waals surface area contributed by atoms with Crippen LogP contribution in [0, 0.1) is 13.8 Å². The van der Waals surface area contributed by atoms with E-state index in [1.807, 2.05) is 0 Å². The highest BCUT2D eigenvalue weighted by atomic mass is 16.3. The highest BCUT2D eigenvalue weighted by molar-refractivity contribution is 6.10. The Hall–Kier alpha value is -4.30. The lowest BCUT2D eigenvalue weighted by molar-refractivity contribution is 0.669. The minimum atomic E-state index is 0.927. The van der Waals surface area contributed by atoms with Gasteiger partial charge in [-0.05, 0) is 67.4 Å². The van der Waals surface area contributed by atoms with Crippen molar-refractivity contribution in [3.05, 3.63) is 114 Å². The van der Waals surface area contributed by atoms with Crippen LogP contribution in [0.1, 0.15) is 11.1 Å². The van der Waals surface area contributed by atoms with Crippen molar-refractivity contribution in [1.29, 1.82) is 0 Å². The monoisotopic (exact) mass is 437 g/mol. The minimum Gasteiger partial charge on any atom is -0.456 e. The van der Waals surface area contributed by atoms with Crippen LogP contribution >= 0.6 is 0 Å². The van der Waals surface area contributed by atoms with E-state index in [9.17, 15) is 0 Å². The average Bonchev–Trinajstić information content (AvgIpc) is 3.39. The fourth-order valence-corrected chi connectivity index (χ4v) is 5.44. The van der Waals surface area contributed by atoms with Crippen LogP contribution in [0.3, 0.4) is 0 Å². The van der Waals surface area contributed by atoms with Crippen LogP contribution in [0.5, 0.6) is 0 Å². The summed E-state index contributed by atoms with van der Waals surface area (Å²) in [4.78, 5) is 0. The Bertz CT molecular complexity index is 1830. The number of para-hydroxylation sites is 2. The molecule has 0 aliphatic heterocycles. The first-order valence-electron chi connectivity index (χ1n) is 11.7. The maximum Gasteiger partial charge on any atom is 0.135 e. The van der Waals surface area contributed by atoms with Crippen LogP contribution in [0.25, 0.3) is 60.6 Å². The van der Waals surface area contributed by atoms with Crippen LogP contribution in [-0.2, 0) is 0 Å². The molecule has 2 heterocycles. The third-order valence-electron chi connectivity index (χ3n) is 6.99. The SMILES string of the molecule is Cc1ccc2oc3ccc(-c4c(C)cccc4-n4c5ccccc5c5ccccc54)cc3c2c1. The number of benzene rings is 5. The quantitative estimate of drug-likeness (QED) is 0.264. The zero-order valence-corrected chi connectivity index (χ0v) is 19.2. The summed E-state index contributed by atoms with van der Waals surface area (Å²) >= 11 is 0. The smallest absolute Gasteiger partial charge is 0.135 e. The molecule has 0 aliphatic carbocycles. The van der Waals surface area contributed by atoms with Crippen molar-refractivity contribution >= 4 is 43.7 Å². The Morgan fingerprint density at radius 2 is 1.21 bits per heavy atom. The van der Waals surface area contributed by atoms with E-state index in [4.69, 9.17) is 4.42 Å². The second kappa shape index (κ2) is 7.10. The number of hydrogen-bond acceptors (Lipinski definition) is 1. The number of furan rings is 1. The summed E-state index contributed by atoms with van der Waals surface area (Å²) in [6.07, 6.45) is 0. The van der Waals surface area contributed by atoms with E-state index in [0.717, 1.165) is 16.6 Å². The molecule has 7 aromatic rings. The molecule has 2 aromatic heterocycles. The summed E-state index contributed by atoms with van der Waals surface area (Å²) < 4.78 is 8.55. The molecule has 0 amide bonds. The van der Waals surface area contributed by atoms with Crippen molar-refractivity contribution in [2.45, 2.75) is 13.8 Å². The summed E-state index contributed by atoms with van der Waals surface area (Å²) in [5.74, 6) is 0. The van der Waals surface area contributed by atoms with Gasteiger partial charge in [-0.3, -0.25) is 0 Å². The van der Waals surface area contributed by atoms with Crippen LogP contribution in [0.4, 0.5) is 0 Å². The van der Waals surface area contributed by atoms with Gasteiger partial charge in [-0.1, -0.05) is 66.2 Å². The fraction of sp³-hybridized carbons (Fsp3) is 0.0625. The Morgan fingerprint density at radius 1 is 0.559 bits per heavy atom. The van der Waals surface area contributed by atoms with Gasteiger partial charge in [0.1, 0.15) is 11.2 Å². The second-order valence-corrected chi connectivity index (χ2v) is 9.15. The predicted octanol–water partition coefficient (Wildman–Crippen LogP) is 8.97. The van der Waals surface area contributed by atoms with Crippen LogP contribution in [0.2, 0.25) is 0 Å². The Labute approximate surface area is 197 Å². The molecule has 0 spiro atoms. The normalized spacial score (nSPS) is 11.8. The first kappa shape index (κ1) is 19.2. The predicted molar refractivity (Wildman–Crippen MR) is 143 cm³/mol. The number of aromatic nitrogens is 1. The molecule has 0 bridgehead atoms. The first-order valence-corrected chi connectivity index (χ1v) is 11.7. The molecular weight excluding hydrogens is 414 g/mol. The Kier molecular flexibility index (Phi) is 4.01. The number of fused-ring (bicyclic) bond motifs is 6. The van der Waals surface area contributed by atoms with E-state index in [1.165, 1.54) is 55.1 Å². The van der Waals surface area contributed by atoms with Crippen molar-refractivity contribution in [1.82, 2.24) is 4.57 Å². The molecule has 0 radical (unpaired) electrons. The van der Waals surface area contributed by atoms with E-state index in [0.29, 0.717) is 0 Å². The number of rotatable bonds is 2. The minimum absolute atomic E-state index is 0.927. The van der Waals surface area contributed by atoms with E-state index in [-0.39, 0.29) is 0 Å². The third-order valence-corrected chi connectivity index (χ3v) is 6.99. The standard InChI is InChI=1S/C32H23NO/c1-20-14-16-30-25(18-20)26-19-22(15-17-31(26)34-30)32-21(2)8-7-13-29(32)33-27-11-5-3-9-23(27)24-10-4-6-12-28(24)33/h3-19H,1-2H3. The molecule has 0 atom stereocenters. The van der Waals surface area contributed by atoms with Crippen molar-refractivity contribution in [3.8, 4) is 16.8 Å². The Morgan fingerprint density at radius 3 is 1.94 bits per heavy atom. The first-order chi connectivity index (χ1) is 16.7. The zero-order valence-electron chi connectivity index (χ0n) is 19.2. The van der Waals surface area contributed by atoms with Gasteiger partial charge in [0.25, 0.3) is 0 Å². The van der Waals surface area contributed by atoms with Gasteiger partial charge in [0.05, 0.1) is 16.7 Å². The van der Waals surface area contributed by atoms with Gasteiger partial charge in [-0.2, -0.15) is 0 Å². The lowest BCUT2D eigenvalue weighted by Crippen LogP contribution is -1.99. The van der Waals surface area contributed by atoms with E-state index < -0.39 is 0 Å². The van der Waals surface area contributed by atoms with Crippen molar-refractivity contribution < 1.29 is 4.42 Å². The molecule has 0 unspecified atom stereocenters. The molecule has 34 heavy (non-hydrogen) atoms. The molecule has 0 N–H and O–H groups in total. The van der Waals surface area contributed by atoms with Crippen molar-refractivity contribution in [2.24, 2.45) is 0 Å². The zero-order chi connectivity index (χ0) is 22.8. The summed E-state index contributed by atoms with van der Waals surface area (Å²) in [6, 6.07) is 37.0. The summed E-state index contributed by atoms with van der Waals surface area (Å²) in [6.45, 7) is 4.33. The molecule has 2 heteroatoms. The van der Waals surface area contributed by atoms with Crippen LogP contribution in [0.15, 0.2) is 108 Å². The van der Waals surface area contributed by atoms with E-state index in [1.54, 1.807) is 0 Å². The van der Waals surface area contributed by atoms with Crippen LogP contribution in [-0.4, -0.2) is 4.57 Å². The topological polar surface area (TPSA) is 18.1 Å². The number of nitrogens with zero attached hydrogens (tertiary/aromatic N) is 1. The van der Waals surface area contributed by atoms with Gasteiger partial charge in [-0.25, -0.2) is 0 Å². The fourth-order valence-electron chi connectivity index (χ4n) is 5.44. The molecule has 0 fully saturated rings. The molecule has 2 nitrogen and oxygen atoms in total. The second-order valence-electron chi connectivity index (χ2n) is 9.15. The van der Waals surface area contributed by atoms with E-state index in [2.05, 4.69) is 122 Å². The maximum atomic E-state index is 6.14. The van der Waals surface area contributed by atoms with Crippen molar-refractivity contribution in [2.75, 3.05) is 0 Å². The molecular formula is C32H23NO. The molecule has 7 rings (SSSR count). The summed E-state index contributed by atoms with van der Waals surface area (Å²) in [5.41, 5.74) is 10.4. The van der Waals surface area contributed by atoms with E-state index >= 15 is 0 Å². The van der Waals surface area contributed by atoms with Gasteiger partial charge < -0.3 is 8.98 Å². The molecule has 0 saturated heterocycles. The lowest BCUT2D eigenvalue weighted by atomic mass is 9.96. The average molecular weight is 438 g/mol. The molecule has 0 aliphatic rings. The molecule has 5 aromatic carbocycles. The highest BCUT2D eigenvalue weighted by Crippen LogP contribution is 2.39. The van der Waals surface area contributed by atoms with Gasteiger partial charge in [0, 0.05) is 27.1 Å². The maximum absolute atomic E-state index is 6.14. The van der Waals surface area contributed by atoms with Gasteiger partial charge in [-0.15, -0.1) is 0 Å².